The predicted octanol–water partition coefficient (Wildman–Crippen LogP) is 2.70. The molecule has 0 saturated carbocycles. The first-order valence-corrected chi connectivity index (χ1v) is 5.84. The van der Waals surface area contributed by atoms with Gasteiger partial charge in [0.25, 0.3) is 0 Å². The molecule has 1 saturated heterocycles. The van der Waals surface area contributed by atoms with Gasteiger partial charge in [-0.05, 0) is 33.6 Å². The maximum Gasteiger partial charge on any atom is 0.410 e. The van der Waals surface area contributed by atoms with E-state index in [2.05, 4.69) is 0 Å². The second-order valence-corrected chi connectivity index (χ2v) is 5.47. The van der Waals surface area contributed by atoms with E-state index in [0.717, 1.165) is 0 Å². The number of piperidine rings is 1. The molecule has 0 aromatic heterocycles. The van der Waals surface area contributed by atoms with Gasteiger partial charge in [-0.2, -0.15) is 13.2 Å². The highest BCUT2D eigenvalue weighted by Crippen LogP contribution is 2.32. The second-order valence-electron chi connectivity index (χ2n) is 5.47. The van der Waals surface area contributed by atoms with Crippen LogP contribution in [0.5, 0.6) is 0 Å². The molecule has 1 heterocycles. The summed E-state index contributed by atoms with van der Waals surface area (Å²) >= 11 is 0. The van der Waals surface area contributed by atoms with E-state index in [-0.39, 0.29) is 25.4 Å². The van der Waals surface area contributed by atoms with Crippen LogP contribution in [0.1, 0.15) is 33.6 Å². The molecular weight excluding hydrogens is 285 g/mol. The molecule has 0 aromatic carbocycles. The van der Waals surface area contributed by atoms with E-state index in [1.54, 1.807) is 20.8 Å². The lowest BCUT2D eigenvalue weighted by molar-refractivity contribution is -0.191. The zero-order chi connectivity index (χ0) is 14.1. The Labute approximate surface area is 116 Å². The van der Waals surface area contributed by atoms with Crippen LogP contribution in [0.3, 0.4) is 0 Å². The number of carbonyl (C=O) groups is 1. The molecule has 114 valence electrons. The van der Waals surface area contributed by atoms with E-state index in [0.29, 0.717) is 11.3 Å². The van der Waals surface area contributed by atoms with E-state index < -0.39 is 30.0 Å². The Balaban J connectivity index is 0.00000324. The van der Waals surface area contributed by atoms with Crippen molar-refractivity contribution in [2.45, 2.75) is 57.5 Å². The third-order valence-electron chi connectivity index (χ3n) is 2.64. The number of ether oxygens (including phenoxy) is 1. The molecule has 0 radical (unpaired) electrons. The van der Waals surface area contributed by atoms with Crippen molar-refractivity contribution in [1.82, 2.24) is 4.90 Å². The molecule has 0 spiro atoms. The summed E-state index contributed by atoms with van der Waals surface area (Å²) < 4.78 is 43.7. The molecule has 0 bridgehead atoms. The van der Waals surface area contributed by atoms with Gasteiger partial charge in [-0.15, -0.1) is 12.4 Å². The second kappa shape index (κ2) is 6.17. The van der Waals surface area contributed by atoms with Crippen LogP contribution in [0.25, 0.3) is 0 Å². The summed E-state index contributed by atoms with van der Waals surface area (Å²) in [5.41, 5.74) is 4.66. The number of halogens is 4. The van der Waals surface area contributed by atoms with Crippen LogP contribution in [-0.2, 0) is 4.74 Å². The first kappa shape index (κ1) is 18.3. The molecular formula is C11H20ClF3N2O2. The standard InChI is InChI=1S/C11H19F3N2O2.ClH/c1-10(2,3)18-9(17)16-6-4-5-7(15)8(16)11(12,13)14;/h7-8H,4-6,15H2,1-3H3;1H/t7-,8+;/m0./s1. The molecule has 4 nitrogen and oxygen atoms in total. The lowest BCUT2D eigenvalue weighted by atomic mass is 9.97. The number of nitrogens with zero attached hydrogens (tertiary/aromatic N) is 1. The topological polar surface area (TPSA) is 55.6 Å². The highest BCUT2D eigenvalue weighted by molar-refractivity contribution is 5.85. The first-order valence-electron chi connectivity index (χ1n) is 5.84. The van der Waals surface area contributed by atoms with Gasteiger partial charge in [0, 0.05) is 12.6 Å². The minimum absolute atomic E-state index is 0. The van der Waals surface area contributed by atoms with Gasteiger partial charge in [0.05, 0.1) is 0 Å². The molecule has 1 aliphatic rings. The third-order valence-corrected chi connectivity index (χ3v) is 2.64. The SMILES string of the molecule is CC(C)(C)OC(=O)N1CCC[C@H](N)[C@@H]1C(F)(F)F.Cl. The average Bonchev–Trinajstić information content (AvgIpc) is 2.12. The van der Waals surface area contributed by atoms with Crippen molar-refractivity contribution in [3.8, 4) is 0 Å². The van der Waals surface area contributed by atoms with Crippen LogP contribution in [0.4, 0.5) is 18.0 Å². The summed E-state index contributed by atoms with van der Waals surface area (Å²) in [5.74, 6) is 0. The summed E-state index contributed by atoms with van der Waals surface area (Å²) in [6.45, 7) is 4.85. The van der Waals surface area contributed by atoms with Gasteiger partial charge in [0.15, 0.2) is 0 Å². The van der Waals surface area contributed by atoms with Crippen molar-refractivity contribution in [2.24, 2.45) is 5.73 Å². The minimum Gasteiger partial charge on any atom is -0.444 e. The molecule has 1 fully saturated rings. The Morgan fingerprint density at radius 3 is 2.26 bits per heavy atom. The summed E-state index contributed by atoms with van der Waals surface area (Å²) in [7, 11) is 0. The fourth-order valence-electron chi connectivity index (χ4n) is 1.97. The smallest absolute Gasteiger partial charge is 0.410 e. The Kier molecular flexibility index (Phi) is 5.95. The Hall–Kier alpha value is -0.690. The number of amides is 1. The van der Waals surface area contributed by atoms with Crippen molar-refractivity contribution in [2.75, 3.05) is 6.54 Å². The molecule has 2 atom stereocenters. The van der Waals surface area contributed by atoms with E-state index in [1.165, 1.54) is 0 Å². The highest BCUT2D eigenvalue weighted by atomic mass is 35.5. The first-order chi connectivity index (χ1) is 8.02. The van der Waals surface area contributed by atoms with Crippen molar-refractivity contribution >= 4 is 18.5 Å². The Morgan fingerprint density at radius 2 is 1.84 bits per heavy atom. The van der Waals surface area contributed by atoms with E-state index in [1.807, 2.05) is 0 Å². The molecule has 19 heavy (non-hydrogen) atoms. The number of alkyl halides is 3. The van der Waals surface area contributed by atoms with Crippen molar-refractivity contribution in [3.05, 3.63) is 0 Å². The number of carbonyl (C=O) groups excluding carboxylic acids is 1. The molecule has 0 unspecified atom stereocenters. The van der Waals surface area contributed by atoms with Gasteiger partial charge >= 0.3 is 12.3 Å². The lowest BCUT2D eigenvalue weighted by Crippen LogP contribution is -2.61. The largest absolute Gasteiger partial charge is 0.444 e. The average molecular weight is 305 g/mol. The molecule has 1 rings (SSSR count). The zero-order valence-corrected chi connectivity index (χ0v) is 12.0. The number of likely N-dealkylation sites (tertiary alicyclic amines) is 1. The summed E-state index contributed by atoms with van der Waals surface area (Å²) in [6, 6.07) is -3.05. The van der Waals surface area contributed by atoms with Crippen LogP contribution in [-0.4, -0.2) is 41.4 Å². The van der Waals surface area contributed by atoms with Crippen molar-refractivity contribution < 1.29 is 22.7 Å². The molecule has 1 amide bonds. The van der Waals surface area contributed by atoms with Crippen LogP contribution in [0.15, 0.2) is 0 Å². The van der Waals surface area contributed by atoms with Crippen LogP contribution >= 0.6 is 12.4 Å². The minimum atomic E-state index is -4.53. The monoisotopic (exact) mass is 304 g/mol. The molecule has 0 aromatic rings. The summed E-state index contributed by atoms with van der Waals surface area (Å²) in [4.78, 5) is 12.5. The highest BCUT2D eigenvalue weighted by Gasteiger charge is 2.51. The van der Waals surface area contributed by atoms with Gasteiger partial charge in [-0.25, -0.2) is 4.79 Å². The zero-order valence-electron chi connectivity index (χ0n) is 11.2. The number of nitrogens with two attached hydrogens (primary N) is 1. The van der Waals surface area contributed by atoms with Crippen molar-refractivity contribution in [1.29, 1.82) is 0 Å². The third kappa shape index (κ3) is 5.06. The Bertz CT molecular complexity index is 318. The summed E-state index contributed by atoms with van der Waals surface area (Å²) in [5, 5.41) is 0. The van der Waals surface area contributed by atoms with Gasteiger partial charge < -0.3 is 10.5 Å². The van der Waals surface area contributed by atoms with Crippen LogP contribution < -0.4 is 5.73 Å². The van der Waals surface area contributed by atoms with Gasteiger partial charge in [0.1, 0.15) is 11.6 Å². The fourth-order valence-corrected chi connectivity index (χ4v) is 1.97. The van der Waals surface area contributed by atoms with E-state index in [9.17, 15) is 18.0 Å². The quantitative estimate of drug-likeness (QED) is 0.748. The molecule has 8 heteroatoms. The number of hydrogen-bond donors (Lipinski definition) is 1. The molecule has 0 aliphatic carbocycles. The number of hydrogen-bond acceptors (Lipinski definition) is 3. The van der Waals surface area contributed by atoms with Crippen LogP contribution in [0.2, 0.25) is 0 Å². The fraction of sp³-hybridized carbons (Fsp3) is 0.909. The Morgan fingerprint density at radius 1 is 1.32 bits per heavy atom. The lowest BCUT2D eigenvalue weighted by Gasteiger charge is -2.40. The molecule has 2 N–H and O–H groups in total. The summed E-state index contributed by atoms with van der Waals surface area (Å²) in [6.07, 6.45) is -4.78. The van der Waals surface area contributed by atoms with Gasteiger partial charge in [-0.3, -0.25) is 4.90 Å². The molecule has 1 aliphatic heterocycles. The van der Waals surface area contributed by atoms with Gasteiger partial charge in [-0.1, -0.05) is 0 Å². The van der Waals surface area contributed by atoms with E-state index in [4.69, 9.17) is 10.5 Å². The number of rotatable bonds is 0. The van der Waals surface area contributed by atoms with E-state index >= 15 is 0 Å². The maximum atomic E-state index is 12.9. The van der Waals surface area contributed by atoms with Gasteiger partial charge in [0.2, 0.25) is 0 Å². The normalized spacial score (nSPS) is 24.7. The van der Waals surface area contributed by atoms with Crippen molar-refractivity contribution in [3.63, 3.8) is 0 Å². The predicted molar refractivity (Wildman–Crippen MR) is 67.2 cm³/mol. The van der Waals surface area contributed by atoms with Crippen LogP contribution in [0, 0.1) is 0 Å². The maximum absolute atomic E-state index is 12.9.